The molecule has 3 N–H and O–H groups in total. The predicted molar refractivity (Wildman–Crippen MR) is 87.2 cm³/mol. The summed E-state index contributed by atoms with van der Waals surface area (Å²) in [4.78, 5) is 22.9. The number of carbonyl (C=O) groups excluding carboxylic acids is 2. The number of amides is 2. The summed E-state index contributed by atoms with van der Waals surface area (Å²) in [6.45, 7) is -3.31. The molecule has 0 atom stereocenters. The first kappa shape index (κ1) is 18.5. The van der Waals surface area contributed by atoms with Crippen LogP contribution in [-0.2, 0) is 4.79 Å². The summed E-state index contributed by atoms with van der Waals surface area (Å²) in [5.74, 6) is -1.03. The number of nitrogens with one attached hydrogen (secondary N) is 1. The van der Waals surface area contributed by atoms with Gasteiger partial charge in [0.2, 0.25) is 0 Å². The van der Waals surface area contributed by atoms with Gasteiger partial charge < -0.3 is 20.5 Å². The van der Waals surface area contributed by atoms with E-state index in [2.05, 4.69) is 10.1 Å². The molecule has 2 rings (SSSR count). The van der Waals surface area contributed by atoms with E-state index in [-0.39, 0.29) is 22.9 Å². The second-order valence-electron chi connectivity index (χ2n) is 4.76. The fourth-order valence-corrected chi connectivity index (χ4v) is 2.08. The van der Waals surface area contributed by atoms with E-state index in [9.17, 15) is 18.4 Å². The number of alkyl halides is 2. The zero-order chi connectivity index (χ0) is 18.4. The van der Waals surface area contributed by atoms with Crippen LogP contribution in [-0.4, -0.2) is 25.0 Å². The zero-order valence-electron chi connectivity index (χ0n) is 12.7. The maximum absolute atomic E-state index is 12.2. The van der Waals surface area contributed by atoms with Crippen molar-refractivity contribution in [3.05, 3.63) is 53.1 Å². The Hall–Kier alpha value is -2.87. The molecule has 132 valence electrons. The smallest absolute Gasteiger partial charge is 0.387 e. The number of primary amides is 1. The van der Waals surface area contributed by atoms with E-state index in [0.29, 0.717) is 11.4 Å². The first-order chi connectivity index (χ1) is 11.8. The minimum absolute atomic E-state index is 0.0726. The molecular weight excluding hydrogens is 358 g/mol. The van der Waals surface area contributed by atoms with Gasteiger partial charge in [-0.1, -0.05) is 17.7 Å². The number of carbonyl (C=O) groups is 2. The molecule has 0 saturated heterocycles. The topological polar surface area (TPSA) is 90.7 Å². The Kier molecular flexibility index (Phi) is 6.13. The molecule has 0 aliphatic rings. The van der Waals surface area contributed by atoms with Crippen molar-refractivity contribution in [2.24, 2.45) is 5.73 Å². The molecule has 9 heteroatoms. The minimum Gasteiger partial charge on any atom is -0.484 e. The van der Waals surface area contributed by atoms with Crippen molar-refractivity contribution in [2.45, 2.75) is 6.61 Å². The second-order valence-corrected chi connectivity index (χ2v) is 5.17. The third-order valence-corrected chi connectivity index (χ3v) is 3.18. The van der Waals surface area contributed by atoms with Gasteiger partial charge in [0.1, 0.15) is 11.5 Å². The van der Waals surface area contributed by atoms with Crippen LogP contribution in [0.15, 0.2) is 42.5 Å². The number of hydrogen-bond acceptors (Lipinski definition) is 4. The first-order valence-corrected chi connectivity index (χ1v) is 7.30. The van der Waals surface area contributed by atoms with Gasteiger partial charge in [-0.15, -0.1) is 0 Å². The fraction of sp³-hybridized carbons (Fsp3) is 0.125. The molecule has 0 spiro atoms. The Morgan fingerprint density at radius 3 is 2.60 bits per heavy atom. The highest BCUT2D eigenvalue weighted by Gasteiger charge is 2.12. The monoisotopic (exact) mass is 370 g/mol. The summed E-state index contributed by atoms with van der Waals surface area (Å²) in [7, 11) is 0. The molecule has 25 heavy (non-hydrogen) atoms. The number of anilines is 1. The molecule has 0 saturated carbocycles. The van der Waals surface area contributed by atoms with E-state index >= 15 is 0 Å². The average Bonchev–Trinajstić information content (AvgIpc) is 2.55. The highest BCUT2D eigenvalue weighted by molar-refractivity contribution is 6.32. The molecule has 0 aliphatic heterocycles. The Morgan fingerprint density at radius 2 is 1.96 bits per heavy atom. The lowest BCUT2D eigenvalue weighted by atomic mass is 10.2. The van der Waals surface area contributed by atoms with E-state index in [4.69, 9.17) is 22.1 Å². The summed E-state index contributed by atoms with van der Waals surface area (Å²) in [6, 6.07) is 9.96. The van der Waals surface area contributed by atoms with Gasteiger partial charge in [0.05, 0.1) is 5.02 Å². The summed E-state index contributed by atoms with van der Waals surface area (Å²) in [5, 5.41) is 2.49. The van der Waals surface area contributed by atoms with Crippen LogP contribution in [0, 0.1) is 0 Å². The number of ether oxygens (including phenoxy) is 2. The van der Waals surface area contributed by atoms with Crippen LogP contribution < -0.4 is 20.5 Å². The number of halogens is 3. The molecule has 0 bridgehead atoms. The molecule has 0 fully saturated rings. The molecule has 2 amide bonds. The largest absolute Gasteiger partial charge is 0.484 e. The summed E-state index contributed by atoms with van der Waals surface area (Å²) in [6.07, 6.45) is 0. The lowest BCUT2D eigenvalue weighted by molar-refractivity contribution is -0.119. The Bertz CT molecular complexity index is 786. The highest BCUT2D eigenvalue weighted by atomic mass is 35.5. The van der Waals surface area contributed by atoms with Crippen LogP contribution in [0.4, 0.5) is 14.5 Å². The van der Waals surface area contributed by atoms with E-state index < -0.39 is 18.4 Å². The third kappa shape index (κ3) is 5.61. The molecule has 2 aromatic rings. The molecule has 2 aromatic carbocycles. The molecule has 0 aliphatic carbocycles. The highest BCUT2D eigenvalue weighted by Crippen LogP contribution is 2.29. The average molecular weight is 371 g/mol. The quantitative estimate of drug-likeness (QED) is 0.783. The van der Waals surface area contributed by atoms with Gasteiger partial charge in [0.15, 0.2) is 6.61 Å². The molecule has 0 aromatic heterocycles. The van der Waals surface area contributed by atoms with Crippen LogP contribution in [0.2, 0.25) is 5.02 Å². The van der Waals surface area contributed by atoms with Crippen molar-refractivity contribution in [1.82, 2.24) is 0 Å². The summed E-state index contributed by atoms with van der Waals surface area (Å²) in [5.41, 5.74) is 5.53. The van der Waals surface area contributed by atoms with Gasteiger partial charge in [-0.2, -0.15) is 8.78 Å². The SMILES string of the molecule is NC(=O)COc1cccc(C(=O)Nc2ccc(OC(F)F)c(Cl)c2)c1. The molecule has 0 unspecified atom stereocenters. The zero-order valence-corrected chi connectivity index (χ0v) is 13.4. The number of hydrogen-bond donors (Lipinski definition) is 2. The van der Waals surface area contributed by atoms with Crippen LogP contribution in [0.1, 0.15) is 10.4 Å². The van der Waals surface area contributed by atoms with Crippen molar-refractivity contribution in [3.63, 3.8) is 0 Å². The summed E-state index contributed by atoms with van der Waals surface area (Å²) >= 11 is 5.83. The Balaban J connectivity index is 2.08. The van der Waals surface area contributed by atoms with Gasteiger partial charge in [-0.05, 0) is 36.4 Å². The van der Waals surface area contributed by atoms with Crippen LogP contribution in [0.25, 0.3) is 0 Å². The second kappa shape index (κ2) is 8.29. The van der Waals surface area contributed by atoms with Crippen LogP contribution >= 0.6 is 11.6 Å². The van der Waals surface area contributed by atoms with Crippen LogP contribution in [0.5, 0.6) is 11.5 Å². The van der Waals surface area contributed by atoms with Gasteiger partial charge in [-0.3, -0.25) is 9.59 Å². The van der Waals surface area contributed by atoms with Crippen molar-refractivity contribution in [3.8, 4) is 11.5 Å². The molecule has 0 radical (unpaired) electrons. The normalized spacial score (nSPS) is 10.4. The lowest BCUT2D eigenvalue weighted by Gasteiger charge is -2.10. The van der Waals surface area contributed by atoms with Gasteiger partial charge in [0.25, 0.3) is 11.8 Å². The number of rotatable bonds is 7. The summed E-state index contributed by atoms with van der Waals surface area (Å²) < 4.78 is 33.7. The van der Waals surface area contributed by atoms with Crippen molar-refractivity contribution in [2.75, 3.05) is 11.9 Å². The lowest BCUT2D eigenvalue weighted by Crippen LogP contribution is -2.20. The molecule has 6 nitrogen and oxygen atoms in total. The van der Waals surface area contributed by atoms with Crippen molar-refractivity contribution in [1.29, 1.82) is 0 Å². The van der Waals surface area contributed by atoms with E-state index in [1.807, 2.05) is 0 Å². The number of benzene rings is 2. The molecule has 0 heterocycles. The fourth-order valence-electron chi connectivity index (χ4n) is 1.85. The van der Waals surface area contributed by atoms with Gasteiger partial charge in [0, 0.05) is 11.3 Å². The van der Waals surface area contributed by atoms with Gasteiger partial charge in [-0.25, -0.2) is 0 Å². The first-order valence-electron chi connectivity index (χ1n) is 6.92. The maximum Gasteiger partial charge on any atom is 0.387 e. The van der Waals surface area contributed by atoms with Crippen LogP contribution in [0.3, 0.4) is 0 Å². The predicted octanol–water partition coefficient (Wildman–Crippen LogP) is 3.06. The Morgan fingerprint density at radius 1 is 1.20 bits per heavy atom. The minimum atomic E-state index is -3.00. The van der Waals surface area contributed by atoms with Gasteiger partial charge >= 0.3 is 6.61 Å². The van der Waals surface area contributed by atoms with E-state index in [1.54, 1.807) is 12.1 Å². The molecular formula is C16H13ClF2N2O4. The van der Waals surface area contributed by atoms with Crippen molar-refractivity contribution < 1.29 is 27.8 Å². The van der Waals surface area contributed by atoms with Crippen molar-refractivity contribution >= 4 is 29.1 Å². The standard InChI is InChI=1S/C16H13ClF2N2O4/c17-12-7-10(4-5-13(12)25-16(18)19)21-15(23)9-2-1-3-11(6-9)24-8-14(20)22/h1-7,16H,8H2,(H2,20,22)(H,21,23). The van der Waals surface area contributed by atoms with E-state index in [0.717, 1.165) is 0 Å². The Labute approximate surface area is 146 Å². The number of nitrogens with two attached hydrogens (primary N) is 1. The van der Waals surface area contributed by atoms with E-state index in [1.165, 1.54) is 30.3 Å². The maximum atomic E-state index is 12.2. The third-order valence-electron chi connectivity index (χ3n) is 2.88.